The van der Waals surface area contributed by atoms with Crippen molar-refractivity contribution in [3.63, 3.8) is 0 Å². The van der Waals surface area contributed by atoms with E-state index >= 15 is 0 Å². The highest BCUT2D eigenvalue weighted by Crippen LogP contribution is 2.41. The van der Waals surface area contributed by atoms with Crippen molar-refractivity contribution < 1.29 is 0 Å². The van der Waals surface area contributed by atoms with Gasteiger partial charge in [-0.05, 0) is 85.6 Å². The summed E-state index contributed by atoms with van der Waals surface area (Å²) in [7, 11) is 0. The Kier molecular flexibility index (Phi) is 8.55. The van der Waals surface area contributed by atoms with E-state index in [1.165, 1.54) is 38.4 Å². The molecule has 10 rings (SSSR count). The van der Waals surface area contributed by atoms with Crippen molar-refractivity contribution in [1.29, 1.82) is 0 Å². The van der Waals surface area contributed by atoms with E-state index in [9.17, 15) is 0 Å². The van der Waals surface area contributed by atoms with Crippen molar-refractivity contribution in [3.8, 4) is 78.3 Å². The molecule has 0 bridgehead atoms. The molecular formula is C54H36N2. The molecule has 2 nitrogen and oxygen atoms in total. The zero-order valence-corrected chi connectivity index (χ0v) is 30.7. The fourth-order valence-corrected chi connectivity index (χ4v) is 7.88. The maximum absolute atomic E-state index is 5.32. The van der Waals surface area contributed by atoms with Crippen LogP contribution in [0, 0.1) is 0 Å². The molecule has 0 spiro atoms. The summed E-state index contributed by atoms with van der Waals surface area (Å²) in [6.45, 7) is 0. The zero-order chi connectivity index (χ0) is 37.3. The van der Waals surface area contributed by atoms with Gasteiger partial charge in [-0.3, -0.25) is 0 Å². The van der Waals surface area contributed by atoms with Crippen LogP contribution in [0.2, 0.25) is 0 Å². The molecule has 0 aliphatic heterocycles. The van der Waals surface area contributed by atoms with Crippen LogP contribution in [0.1, 0.15) is 0 Å². The van der Waals surface area contributed by atoms with E-state index in [1.54, 1.807) is 0 Å². The molecule has 0 amide bonds. The lowest BCUT2D eigenvalue weighted by atomic mass is 9.90. The third kappa shape index (κ3) is 6.34. The second-order valence-electron chi connectivity index (χ2n) is 14.2. The van der Waals surface area contributed by atoms with Gasteiger partial charge in [-0.2, -0.15) is 0 Å². The summed E-state index contributed by atoms with van der Waals surface area (Å²) in [6.07, 6.45) is 0. The largest absolute Gasteiger partial charge is 0.248 e. The van der Waals surface area contributed by atoms with E-state index in [1.807, 2.05) is 12.1 Å². The summed E-state index contributed by atoms with van der Waals surface area (Å²) in [5, 5.41) is 3.58. The molecule has 0 N–H and O–H groups in total. The molecule has 8 aromatic carbocycles. The minimum atomic E-state index is 0.959. The van der Waals surface area contributed by atoms with Crippen LogP contribution in [0.5, 0.6) is 0 Å². The molecule has 0 atom stereocenters. The fraction of sp³-hybridized carbons (Fsp3) is 0. The number of hydrogen-bond donors (Lipinski definition) is 0. The Bertz CT molecular complexity index is 2920. The van der Waals surface area contributed by atoms with E-state index in [-0.39, 0.29) is 0 Å². The predicted octanol–water partition coefficient (Wildman–Crippen LogP) is 14.5. The molecule has 0 saturated carbocycles. The quantitative estimate of drug-likeness (QED) is 0.154. The second-order valence-corrected chi connectivity index (χ2v) is 14.2. The van der Waals surface area contributed by atoms with Crippen LogP contribution in [0.25, 0.3) is 100.0 Å². The topological polar surface area (TPSA) is 25.8 Å². The van der Waals surface area contributed by atoms with Gasteiger partial charge in [0.1, 0.15) is 0 Å². The van der Waals surface area contributed by atoms with Crippen LogP contribution >= 0.6 is 0 Å². The fourth-order valence-electron chi connectivity index (χ4n) is 7.88. The number of nitrogens with zero attached hydrogens (tertiary/aromatic N) is 2. The Morgan fingerprint density at radius 2 is 0.661 bits per heavy atom. The third-order valence-corrected chi connectivity index (χ3v) is 10.7. The normalized spacial score (nSPS) is 11.2. The van der Waals surface area contributed by atoms with Crippen LogP contribution < -0.4 is 0 Å². The molecule has 0 saturated heterocycles. The molecule has 0 aliphatic carbocycles. The van der Waals surface area contributed by atoms with Gasteiger partial charge in [-0.15, -0.1) is 0 Å². The summed E-state index contributed by atoms with van der Waals surface area (Å²) in [5.41, 5.74) is 16.5. The average molecular weight is 713 g/mol. The minimum absolute atomic E-state index is 0.959. The van der Waals surface area contributed by atoms with Gasteiger partial charge in [0.25, 0.3) is 0 Å². The SMILES string of the molecule is c1ccc(-c2cc(-c3cccc(-c4ccc(-c5cc6nc(-c7ccccc7)cc(-c7ccccc7)c6c6ccccc56)cc4)c3)cc(-c3ccccc3)n2)cc1. The molecule has 0 unspecified atom stereocenters. The number of aromatic nitrogens is 2. The first-order chi connectivity index (χ1) is 27.7. The van der Waals surface area contributed by atoms with Gasteiger partial charge in [0.2, 0.25) is 0 Å². The first-order valence-corrected chi connectivity index (χ1v) is 19.1. The number of fused-ring (bicyclic) bond motifs is 3. The van der Waals surface area contributed by atoms with E-state index in [0.717, 1.165) is 61.5 Å². The smallest absolute Gasteiger partial charge is 0.0728 e. The van der Waals surface area contributed by atoms with Crippen LogP contribution in [0.3, 0.4) is 0 Å². The van der Waals surface area contributed by atoms with Gasteiger partial charge < -0.3 is 0 Å². The lowest BCUT2D eigenvalue weighted by molar-refractivity contribution is 1.32. The lowest BCUT2D eigenvalue weighted by Crippen LogP contribution is -1.93. The summed E-state index contributed by atoms with van der Waals surface area (Å²) >= 11 is 0. The molecular weight excluding hydrogens is 677 g/mol. The Balaban J connectivity index is 1.07. The highest BCUT2D eigenvalue weighted by Gasteiger charge is 2.17. The number of pyridine rings is 2. The molecule has 0 fully saturated rings. The lowest BCUT2D eigenvalue weighted by Gasteiger charge is -2.16. The highest BCUT2D eigenvalue weighted by atomic mass is 14.7. The standard InChI is InChI=1S/C54H36N2/c1-5-16-38(17-6-1)49-36-52(42-22-11-4-12-23-42)56-53-35-48(46-26-13-14-27-47(46)54(49)53)39-30-28-37(29-31-39)43-24-15-25-44(32-43)45-33-50(40-18-7-2-8-19-40)55-51(34-45)41-20-9-3-10-21-41/h1-36H. The van der Waals surface area contributed by atoms with Crippen molar-refractivity contribution in [2.75, 3.05) is 0 Å². The minimum Gasteiger partial charge on any atom is -0.248 e. The average Bonchev–Trinajstić information content (AvgIpc) is 3.29. The van der Waals surface area contributed by atoms with Crippen molar-refractivity contribution in [1.82, 2.24) is 9.97 Å². The van der Waals surface area contributed by atoms with Gasteiger partial charge in [-0.1, -0.05) is 188 Å². The zero-order valence-electron chi connectivity index (χ0n) is 30.7. The molecule has 2 heterocycles. The molecule has 0 radical (unpaired) electrons. The summed E-state index contributed by atoms with van der Waals surface area (Å²) in [5.74, 6) is 0. The number of hydrogen-bond acceptors (Lipinski definition) is 2. The molecule has 0 aliphatic rings. The number of benzene rings is 8. The molecule has 56 heavy (non-hydrogen) atoms. The molecule has 262 valence electrons. The molecule has 10 aromatic rings. The third-order valence-electron chi connectivity index (χ3n) is 10.7. The van der Waals surface area contributed by atoms with Crippen LogP contribution in [-0.2, 0) is 0 Å². The summed E-state index contributed by atoms with van der Waals surface area (Å²) < 4.78 is 0. The second kappa shape index (κ2) is 14.4. The van der Waals surface area contributed by atoms with Gasteiger partial charge in [0.15, 0.2) is 0 Å². The van der Waals surface area contributed by atoms with Crippen molar-refractivity contribution in [3.05, 3.63) is 218 Å². The molecule has 2 aromatic heterocycles. The monoisotopic (exact) mass is 712 g/mol. The van der Waals surface area contributed by atoms with Crippen LogP contribution in [-0.4, -0.2) is 9.97 Å². The van der Waals surface area contributed by atoms with Gasteiger partial charge >= 0.3 is 0 Å². The van der Waals surface area contributed by atoms with Crippen molar-refractivity contribution >= 4 is 21.7 Å². The van der Waals surface area contributed by atoms with Gasteiger partial charge in [-0.25, -0.2) is 9.97 Å². The van der Waals surface area contributed by atoms with E-state index < -0.39 is 0 Å². The number of rotatable bonds is 7. The summed E-state index contributed by atoms with van der Waals surface area (Å²) in [4.78, 5) is 10.4. The van der Waals surface area contributed by atoms with Crippen LogP contribution in [0.15, 0.2) is 218 Å². The first kappa shape index (κ1) is 33.2. The maximum Gasteiger partial charge on any atom is 0.0728 e. The van der Waals surface area contributed by atoms with Gasteiger partial charge in [0.05, 0.1) is 22.6 Å². The van der Waals surface area contributed by atoms with E-state index in [2.05, 4.69) is 206 Å². The van der Waals surface area contributed by atoms with E-state index in [0.29, 0.717) is 0 Å². The molecule has 2 heteroatoms. The van der Waals surface area contributed by atoms with Crippen LogP contribution in [0.4, 0.5) is 0 Å². The predicted molar refractivity (Wildman–Crippen MR) is 235 cm³/mol. The highest BCUT2D eigenvalue weighted by molar-refractivity contribution is 6.18. The Labute approximate surface area is 327 Å². The Morgan fingerprint density at radius 3 is 1.23 bits per heavy atom. The Morgan fingerprint density at radius 1 is 0.232 bits per heavy atom. The van der Waals surface area contributed by atoms with E-state index in [4.69, 9.17) is 9.97 Å². The Hall–Kier alpha value is -7.42. The summed E-state index contributed by atoms with van der Waals surface area (Å²) in [6, 6.07) is 77.5. The van der Waals surface area contributed by atoms with Crippen molar-refractivity contribution in [2.24, 2.45) is 0 Å². The van der Waals surface area contributed by atoms with Crippen molar-refractivity contribution in [2.45, 2.75) is 0 Å². The first-order valence-electron chi connectivity index (χ1n) is 19.1. The van der Waals surface area contributed by atoms with Gasteiger partial charge in [0, 0.05) is 22.1 Å². The maximum atomic E-state index is 5.32.